The number of carboxylic acids is 1. The molecule has 2 rings (SSSR count). The fourth-order valence-corrected chi connectivity index (χ4v) is 2.13. The lowest BCUT2D eigenvalue weighted by molar-refractivity contribution is -0.129. The number of rotatable bonds is 2. The van der Waals surface area contributed by atoms with Gasteiger partial charge in [0, 0.05) is 20.1 Å². The summed E-state index contributed by atoms with van der Waals surface area (Å²) < 4.78 is 0. The van der Waals surface area contributed by atoms with Crippen molar-refractivity contribution in [2.24, 2.45) is 0 Å². The number of hydrogen-bond donors (Lipinski definition) is 2. The number of carbonyl (C=O) groups is 3. The second-order valence-corrected chi connectivity index (χ2v) is 4.87. The molecular formula is C14H17N3O4. The van der Waals surface area contributed by atoms with Gasteiger partial charge in [0.25, 0.3) is 0 Å². The third kappa shape index (κ3) is 3.50. The van der Waals surface area contributed by atoms with Crippen LogP contribution in [0.15, 0.2) is 24.3 Å². The number of urea groups is 1. The van der Waals surface area contributed by atoms with Crippen LogP contribution in [0.1, 0.15) is 16.8 Å². The van der Waals surface area contributed by atoms with Gasteiger partial charge in [-0.05, 0) is 18.6 Å². The summed E-state index contributed by atoms with van der Waals surface area (Å²) in [6.45, 7) is 1.06. The first kappa shape index (κ1) is 14.8. The lowest BCUT2D eigenvalue weighted by Gasteiger charge is -2.20. The number of benzene rings is 1. The van der Waals surface area contributed by atoms with Crippen LogP contribution in [-0.2, 0) is 4.79 Å². The molecule has 1 fully saturated rings. The van der Waals surface area contributed by atoms with Crippen LogP contribution < -0.4 is 5.32 Å². The number of nitrogens with zero attached hydrogens (tertiary/aromatic N) is 2. The van der Waals surface area contributed by atoms with E-state index in [4.69, 9.17) is 5.11 Å². The van der Waals surface area contributed by atoms with E-state index in [9.17, 15) is 14.4 Å². The van der Waals surface area contributed by atoms with Gasteiger partial charge in [-0.1, -0.05) is 12.1 Å². The second kappa shape index (κ2) is 6.25. The van der Waals surface area contributed by atoms with Crippen LogP contribution in [-0.4, -0.2) is 59.5 Å². The van der Waals surface area contributed by atoms with E-state index < -0.39 is 12.0 Å². The minimum Gasteiger partial charge on any atom is -0.478 e. The molecular weight excluding hydrogens is 274 g/mol. The number of likely N-dealkylation sites (N-methyl/N-ethyl adjacent to an activating group) is 1. The van der Waals surface area contributed by atoms with Gasteiger partial charge in [-0.15, -0.1) is 0 Å². The van der Waals surface area contributed by atoms with Crippen molar-refractivity contribution in [3.8, 4) is 0 Å². The fourth-order valence-electron chi connectivity index (χ4n) is 2.13. The zero-order valence-corrected chi connectivity index (χ0v) is 11.7. The molecule has 1 aromatic rings. The Bertz CT molecular complexity index is 573. The van der Waals surface area contributed by atoms with Gasteiger partial charge in [0.05, 0.1) is 11.3 Å². The molecule has 0 saturated carbocycles. The number of para-hydroxylation sites is 1. The molecule has 0 spiro atoms. The molecule has 0 radical (unpaired) electrons. The van der Waals surface area contributed by atoms with Gasteiger partial charge in [-0.3, -0.25) is 4.79 Å². The van der Waals surface area contributed by atoms with Crippen LogP contribution in [0.5, 0.6) is 0 Å². The molecule has 0 atom stereocenters. The molecule has 1 aromatic carbocycles. The molecule has 1 saturated heterocycles. The van der Waals surface area contributed by atoms with Crippen molar-refractivity contribution in [1.29, 1.82) is 0 Å². The number of hydrogen-bond acceptors (Lipinski definition) is 3. The second-order valence-electron chi connectivity index (χ2n) is 4.87. The normalized spacial score (nSPS) is 15.6. The maximum absolute atomic E-state index is 12.2. The van der Waals surface area contributed by atoms with Gasteiger partial charge in [0.2, 0.25) is 5.91 Å². The molecule has 0 bridgehead atoms. The minimum absolute atomic E-state index is 0.00241. The topological polar surface area (TPSA) is 89.9 Å². The summed E-state index contributed by atoms with van der Waals surface area (Å²) in [5.74, 6) is -1.24. The van der Waals surface area contributed by atoms with E-state index in [1.165, 1.54) is 17.0 Å². The van der Waals surface area contributed by atoms with Crippen LogP contribution in [0.25, 0.3) is 0 Å². The summed E-state index contributed by atoms with van der Waals surface area (Å²) in [6.07, 6.45) is 0.691. The lowest BCUT2D eigenvalue weighted by atomic mass is 10.2. The Morgan fingerprint density at radius 2 is 1.95 bits per heavy atom. The fraction of sp³-hybridized carbons (Fsp3) is 0.357. The smallest absolute Gasteiger partial charge is 0.337 e. The molecule has 7 nitrogen and oxygen atoms in total. The van der Waals surface area contributed by atoms with Gasteiger partial charge in [-0.25, -0.2) is 9.59 Å². The standard InChI is InChI=1S/C14H17N3O4/c1-16-7-4-8-17(9-12(16)18)14(21)15-11-6-3-2-5-10(11)13(19)20/h2-3,5-6H,4,7-9H2,1H3,(H,15,21)(H,19,20). The number of carboxylic acid groups (broad SMARTS) is 1. The van der Waals surface area contributed by atoms with Crippen LogP contribution >= 0.6 is 0 Å². The van der Waals surface area contributed by atoms with Gasteiger partial charge < -0.3 is 20.2 Å². The van der Waals surface area contributed by atoms with E-state index in [1.54, 1.807) is 24.1 Å². The Balaban J connectivity index is 2.11. The third-order valence-electron chi connectivity index (χ3n) is 3.36. The number of nitrogens with one attached hydrogen (secondary N) is 1. The quantitative estimate of drug-likeness (QED) is 0.853. The third-order valence-corrected chi connectivity index (χ3v) is 3.36. The highest BCUT2D eigenvalue weighted by Gasteiger charge is 2.23. The summed E-state index contributed by atoms with van der Waals surface area (Å²) in [4.78, 5) is 38.0. The maximum atomic E-state index is 12.2. The number of aromatic carboxylic acids is 1. The molecule has 0 aromatic heterocycles. The Labute approximate surface area is 122 Å². The van der Waals surface area contributed by atoms with Crippen molar-refractivity contribution in [1.82, 2.24) is 9.80 Å². The molecule has 112 valence electrons. The molecule has 1 aliphatic rings. The van der Waals surface area contributed by atoms with E-state index in [1.807, 2.05) is 0 Å². The zero-order chi connectivity index (χ0) is 15.4. The molecule has 21 heavy (non-hydrogen) atoms. The summed E-state index contributed by atoms with van der Waals surface area (Å²) in [5, 5.41) is 11.6. The van der Waals surface area contributed by atoms with Gasteiger partial charge in [0.15, 0.2) is 0 Å². The molecule has 1 heterocycles. The average Bonchev–Trinajstić information content (AvgIpc) is 2.61. The molecule has 7 heteroatoms. The van der Waals surface area contributed by atoms with Gasteiger partial charge in [0.1, 0.15) is 6.54 Å². The maximum Gasteiger partial charge on any atom is 0.337 e. The van der Waals surface area contributed by atoms with Crippen molar-refractivity contribution in [2.75, 3.05) is 32.0 Å². The van der Waals surface area contributed by atoms with Gasteiger partial charge >= 0.3 is 12.0 Å². The van der Waals surface area contributed by atoms with Gasteiger partial charge in [-0.2, -0.15) is 0 Å². The first-order valence-corrected chi connectivity index (χ1v) is 6.61. The summed E-state index contributed by atoms with van der Waals surface area (Å²) in [7, 11) is 1.70. The van der Waals surface area contributed by atoms with Crippen molar-refractivity contribution < 1.29 is 19.5 Å². The molecule has 3 amide bonds. The van der Waals surface area contributed by atoms with Crippen molar-refractivity contribution >= 4 is 23.6 Å². The summed E-state index contributed by atoms with van der Waals surface area (Å²) >= 11 is 0. The Hall–Kier alpha value is -2.57. The average molecular weight is 291 g/mol. The van der Waals surface area contributed by atoms with Crippen molar-refractivity contribution in [2.45, 2.75) is 6.42 Å². The number of anilines is 1. The van der Waals surface area contributed by atoms with Crippen molar-refractivity contribution in [3.05, 3.63) is 29.8 Å². The lowest BCUT2D eigenvalue weighted by Crippen LogP contribution is -2.40. The minimum atomic E-state index is -1.11. The van der Waals surface area contributed by atoms with E-state index in [0.29, 0.717) is 19.5 Å². The highest BCUT2D eigenvalue weighted by Crippen LogP contribution is 2.16. The predicted octanol–water partition coefficient (Wildman–Crippen LogP) is 1.08. The largest absolute Gasteiger partial charge is 0.478 e. The van der Waals surface area contributed by atoms with Crippen LogP contribution in [0.3, 0.4) is 0 Å². The number of amides is 3. The predicted molar refractivity (Wildman–Crippen MR) is 76.2 cm³/mol. The van der Waals surface area contributed by atoms with E-state index in [-0.39, 0.29) is 23.7 Å². The zero-order valence-electron chi connectivity index (χ0n) is 11.7. The highest BCUT2D eigenvalue weighted by molar-refractivity contribution is 6.00. The van der Waals surface area contributed by atoms with Crippen molar-refractivity contribution in [3.63, 3.8) is 0 Å². The molecule has 1 aliphatic heterocycles. The highest BCUT2D eigenvalue weighted by atomic mass is 16.4. The first-order valence-electron chi connectivity index (χ1n) is 6.61. The molecule has 2 N–H and O–H groups in total. The molecule has 0 unspecified atom stereocenters. The van der Waals surface area contributed by atoms with Crippen LogP contribution in [0.2, 0.25) is 0 Å². The van der Waals surface area contributed by atoms with E-state index >= 15 is 0 Å². The van der Waals surface area contributed by atoms with E-state index in [0.717, 1.165) is 0 Å². The first-order chi connectivity index (χ1) is 9.99. The molecule has 0 aliphatic carbocycles. The summed E-state index contributed by atoms with van der Waals surface area (Å²) in [6, 6.07) is 5.70. The Morgan fingerprint density at radius 1 is 1.24 bits per heavy atom. The van der Waals surface area contributed by atoms with Crippen LogP contribution in [0, 0.1) is 0 Å². The number of carbonyl (C=O) groups excluding carboxylic acids is 2. The SMILES string of the molecule is CN1CCCN(C(=O)Nc2ccccc2C(=O)O)CC1=O. The Morgan fingerprint density at radius 3 is 2.67 bits per heavy atom. The summed E-state index contributed by atoms with van der Waals surface area (Å²) in [5.41, 5.74) is 0.240. The monoisotopic (exact) mass is 291 g/mol. The van der Waals surface area contributed by atoms with Crippen LogP contribution in [0.4, 0.5) is 10.5 Å². The Kier molecular flexibility index (Phi) is 4.42. The van der Waals surface area contributed by atoms with E-state index in [2.05, 4.69) is 5.32 Å².